The Bertz CT molecular complexity index is 1220. The van der Waals surface area contributed by atoms with Crippen LogP contribution in [0.15, 0.2) is 89.6 Å². The van der Waals surface area contributed by atoms with Gasteiger partial charge in [-0.2, -0.15) is 0 Å². The Morgan fingerprint density at radius 2 is 1.71 bits per heavy atom. The van der Waals surface area contributed by atoms with Crippen molar-refractivity contribution in [1.29, 1.82) is 0 Å². The minimum atomic E-state index is -2.40. The van der Waals surface area contributed by atoms with E-state index in [0.29, 0.717) is 22.4 Å². The lowest BCUT2D eigenvalue weighted by molar-refractivity contribution is 0.0977. The normalized spacial score (nSPS) is 22.7. The molecule has 1 unspecified atom stereocenters. The number of amidine groups is 1. The Balaban J connectivity index is 1.55. The highest BCUT2D eigenvalue weighted by Crippen LogP contribution is 2.59. The van der Waals surface area contributed by atoms with Crippen molar-refractivity contribution in [3.63, 3.8) is 0 Å². The lowest BCUT2D eigenvalue weighted by atomic mass is 10.2. The number of carbonyl (C=O) groups is 1. The smallest absolute Gasteiger partial charge is 0.258 e. The predicted molar refractivity (Wildman–Crippen MR) is 138 cm³/mol. The molecule has 5 rings (SSSR count). The van der Waals surface area contributed by atoms with Crippen molar-refractivity contribution in [1.82, 2.24) is 24.5 Å². The van der Waals surface area contributed by atoms with Gasteiger partial charge in [-0.1, -0.05) is 30.3 Å². The zero-order valence-electron chi connectivity index (χ0n) is 19.4. The molecule has 0 bridgehead atoms. The molecular weight excluding hydrogens is 462 g/mol. The van der Waals surface area contributed by atoms with Crippen LogP contribution in [0.2, 0.25) is 0 Å². The van der Waals surface area contributed by atoms with E-state index >= 15 is 0 Å². The molecule has 2 aliphatic heterocycles. The number of likely N-dealkylation sites (N-methyl/N-ethyl adjacent to an activating group) is 1. The van der Waals surface area contributed by atoms with E-state index in [0.717, 1.165) is 37.3 Å². The summed E-state index contributed by atoms with van der Waals surface area (Å²) in [5.41, 5.74) is 2.35. The third-order valence-corrected chi connectivity index (χ3v) is 8.99. The first kappa shape index (κ1) is 23.3. The Kier molecular flexibility index (Phi) is 6.96. The molecule has 4 heterocycles. The summed E-state index contributed by atoms with van der Waals surface area (Å²) >= 11 is 0. The zero-order chi connectivity index (χ0) is 24.1. The third-order valence-electron chi connectivity index (χ3n) is 5.89. The first-order valence-corrected chi connectivity index (χ1v) is 12.9. The maximum atomic E-state index is 13.2. The SMILES string of the molecule is CN1CCN(S2(OCc3ccccc3)C(NC(=O)c3cccnc3)=NN=C2c2ccncc2)CC1. The molecule has 1 amide bonds. The molecule has 9 nitrogen and oxygen atoms in total. The fourth-order valence-corrected chi connectivity index (χ4v) is 6.99. The Morgan fingerprint density at radius 3 is 2.43 bits per heavy atom. The number of pyridine rings is 2. The largest absolute Gasteiger partial charge is 0.305 e. The van der Waals surface area contributed by atoms with Crippen LogP contribution in [0.25, 0.3) is 0 Å². The van der Waals surface area contributed by atoms with Crippen LogP contribution in [0.4, 0.5) is 0 Å². The Hall–Kier alpha value is -3.44. The standard InChI is InChI=1S/C25H27N7O2S/c1-31-14-16-32(17-15-31)35(34-19-20-6-3-2-4-7-20)24(21-9-12-26-13-10-21)29-30-25(35)28-23(33)22-8-5-11-27-18-22/h2-13,18H,14-17,19H2,1H3,(H,28,30,33). The highest BCUT2D eigenvalue weighted by Gasteiger charge is 2.48. The van der Waals surface area contributed by atoms with Gasteiger partial charge in [-0.15, -0.1) is 10.2 Å². The van der Waals surface area contributed by atoms with Crippen LogP contribution in [0.3, 0.4) is 0 Å². The van der Waals surface area contributed by atoms with E-state index in [-0.39, 0.29) is 5.91 Å². The number of hydrogen-bond acceptors (Lipinski definition) is 8. The van der Waals surface area contributed by atoms with Crippen molar-refractivity contribution in [3.8, 4) is 0 Å². The van der Waals surface area contributed by atoms with Gasteiger partial charge in [0, 0.05) is 67.0 Å². The monoisotopic (exact) mass is 489 g/mol. The molecule has 0 radical (unpaired) electrons. The van der Waals surface area contributed by atoms with E-state index in [9.17, 15) is 4.79 Å². The summed E-state index contributed by atoms with van der Waals surface area (Å²) in [5, 5.41) is 13.3. The summed E-state index contributed by atoms with van der Waals surface area (Å²) in [5.74, 6) is -0.294. The Labute approximate surface area is 206 Å². The lowest BCUT2D eigenvalue weighted by Gasteiger charge is -2.48. The molecule has 0 saturated carbocycles. The summed E-state index contributed by atoms with van der Waals surface area (Å²) in [6.45, 7) is 3.61. The summed E-state index contributed by atoms with van der Waals surface area (Å²) in [6, 6.07) is 17.3. The second-order valence-corrected chi connectivity index (χ2v) is 10.8. The topological polar surface area (TPSA) is 95.3 Å². The number of piperazine rings is 1. The molecule has 1 N–H and O–H groups in total. The van der Waals surface area contributed by atoms with Crippen LogP contribution in [0.1, 0.15) is 21.5 Å². The van der Waals surface area contributed by atoms with Gasteiger partial charge in [0.1, 0.15) is 0 Å². The van der Waals surface area contributed by atoms with Gasteiger partial charge in [0.15, 0.2) is 5.04 Å². The van der Waals surface area contributed by atoms with Gasteiger partial charge in [0.25, 0.3) is 5.91 Å². The van der Waals surface area contributed by atoms with Gasteiger partial charge >= 0.3 is 0 Å². The molecule has 35 heavy (non-hydrogen) atoms. The van der Waals surface area contributed by atoms with Crippen LogP contribution >= 0.6 is 10.5 Å². The van der Waals surface area contributed by atoms with Gasteiger partial charge in [-0.3, -0.25) is 20.1 Å². The average Bonchev–Trinajstić information content (AvgIpc) is 3.28. The summed E-state index contributed by atoms with van der Waals surface area (Å²) in [4.78, 5) is 23.7. The molecular formula is C25H27N7O2S. The predicted octanol–water partition coefficient (Wildman–Crippen LogP) is 3.04. The molecule has 1 fully saturated rings. The molecule has 0 aliphatic carbocycles. The first-order valence-electron chi connectivity index (χ1n) is 11.4. The number of rotatable bonds is 6. The maximum absolute atomic E-state index is 13.2. The minimum absolute atomic E-state index is 0.294. The molecule has 0 spiro atoms. The Morgan fingerprint density at radius 1 is 0.943 bits per heavy atom. The van der Waals surface area contributed by atoms with Crippen molar-refractivity contribution in [3.05, 3.63) is 96.1 Å². The number of nitrogens with zero attached hydrogens (tertiary/aromatic N) is 6. The fourth-order valence-electron chi connectivity index (χ4n) is 3.97. The van der Waals surface area contributed by atoms with Crippen molar-refractivity contribution in [2.75, 3.05) is 33.2 Å². The second-order valence-electron chi connectivity index (χ2n) is 8.25. The van der Waals surface area contributed by atoms with E-state index in [4.69, 9.17) is 4.18 Å². The van der Waals surface area contributed by atoms with Crippen LogP contribution in [0, 0.1) is 0 Å². The van der Waals surface area contributed by atoms with Crippen LogP contribution in [0.5, 0.6) is 0 Å². The van der Waals surface area contributed by atoms with Crippen LogP contribution in [-0.2, 0) is 10.8 Å². The van der Waals surface area contributed by atoms with E-state index in [1.54, 1.807) is 30.7 Å². The maximum Gasteiger partial charge on any atom is 0.258 e. The highest BCUT2D eigenvalue weighted by molar-refractivity contribution is 8.51. The van der Waals surface area contributed by atoms with Crippen LogP contribution < -0.4 is 5.32 Å². The van der Waals surface area contributed by atoms with Gasteiger partial charge in [0.2, 0.25) is 5.17 Å². The lowest BCUT2D eigenvalue weighted by Crippen LogP contribution is -2.51. The number of nitrogens with one attached hydrogen (secondary N) is 1. The molecule has 1 atom stereocenters. The number of amides is 1. The van der Waals surface area contributed by atoms with E-state index < -0.39 is 10.5 Å². The highest BCUT2D eigenvalue weighted by atomic mass is 32.3. The van der Waals surface area contributed by atoms with E-state index in [1.165, 1.54) is 6.20 Å². The number of benzene rings is 1. The third kappa shape index (κ3) is 4.87. The molecule has 10 heteroatoms. The van der Waals surface area contributed by atoms with Gasteiger partial charge < -0.3 is 9.08 Å². The van der Waals surface area contributed by atoms with Gasteiger partial charge in [0.05, 0.1) is 12.2 Å². The number of carbonyl (C=O) groups excluding carboxylic acids is 1. The summed E-state index contributed by atoms with van der Waals surface area (Å²) < 4.78 is 9.14. The molecule has 2 aromatic heterocycles. The van der Waals surface area contributed by atoms with Crippen molar-refractivity contribution >= 4 is 26.6 Å². The van der Waals surface area contributed by atoms with Gasteiger partial charge in [-0.05, 0) is 36.9 Å². The molecule has 2 aliphatic rings. The summed E-state index contributed by atoms with van der Waals surface area (Å²) in [6.07, 6.45) is 6.63. The summed E-state index contributed by atoms with van der Waals surface area (Å²) in [7, 11) is -0.289. The van der Waals surface area contributed by atoms with Crippen molar-refractivity contribution in [2.24, 2.45) is 10.2 Å². The fraction of sp³-hybridized carbons (Fsp3) is 0.240. The number of aromatic nitrogens is 2. The minimum Gasteiger partial charge on any atom is -0.305 e. The average molecular weight is 490 g/mol. The van der Waals surface area contributed by atoms with Crippen molar-refractivity contribution in [2.45, 2.75) is 6.61 Å². The van der Waals surface area contributed by atoms with Crippen LogP contribution in [-0.4, -0.2) is 68.5 Å². The zero-order valence-corrected chi connectivity index (χ0v) is 20.3. The quantitative estimate of drug-likeness (QED) is 0.572. The number of hydrogen-bond donors (Lipinski definition) is 1. The van der Waals surface area contributed by atoms with Crippen molar-refractivity contribution < 1.29 is 8.98 Å². The first-order chi connectivity index (χ1) is 17.2. The molecule has 180 valence electrons. The second kappa shape index (κ2) is 10.4. The van der Waals surface area contributed by atoms with E-state index in [2.05, 4.69) is 41.7 Å². The van der Waals surface area contributed by atoms with Gasteiger partial charge in [-0.25, -0.2) is 4.31 Å². The molecule has 1 aromatic carbocycles. The van der Waals surface area contributed by atoms with E-state index in [1.807, 2.05) is 42.5 Å². The molecule has 3 aromatic rings. The molecule has 1 saturated heterocycles.